The Morgan fingerprint density at radius 1 is 1.26 bits per heavy atom. The maximum atomic E-state index is 5.79. The SMILES string of the molecule is COc1cc(CCl)ccc1OCCc1cnn(C)c1. The highest BCUT2D eigenvalue weighted by Gasteiger charge is 2.06. The third-order valence-corrected chi connectivity index (χ3v) is 3.10. The van der Waals surface area contributed by atoms with Crippen LogP contribution in [0.5, 0.6) is 11.5 Å². The van der Waals surface area contributed by atoms with Crippen molar-refractivity contribution in [1.29, 1.82) is 0 Å². The summed E-state index contributed by atoms with van der Waals surface area (Å²) in [6, 6.07) is 5.72. The van der Waals surface area contributed by atoms with E-state index < -0.39 is 0 Å². The van der Waals surface area contributed by atoms with Crippen molar-refractivity contribution in [3.8, 4) is 11.5 Å². The van der Waals surface area contributed by atoms with Crippen molar-refractivity contribution >= 4 is 11.6 Å². The second-order valence-corrected chi connectivity index (χ2v) is 4.51. The smallest absolute Gasteiger partial charge is 0.161 e. The first-order chi connectivity index (χ1) is 9.22. The lowest BCUT2D eigenvalue weighted by Crippen LogP contribution is -2.02. The molecule has 0 N–H and O–H groups in total. The van der Waals surface area contributed by atoms with Crippen molar-refractivity contribution in [3.63, 3.8) is 0 Å². The number of hydrogen-bond acceptors (Lipinski definition) is 3. The molecule has 0 aliphatic heterocycles. The molecule has 1 aromatic carbocycles. The number of alkyl halides is 1. The van der Waals surface area contributed by atoms with Crippen LogP contribution in [0.25, 0.3) is 0 Å². The minimum Gasteiger partial charge on any atom is -0.493 e. The second-order valence-electron chi connectivity index (χ2n) is 4.24. The van der Waals surface area contributed by atoms with Gasteiger partial charge < -0.3 is 9.47 Å². The van der Waals surface area contributed by atoms with Crippen LogP contribution >= 0.6 is 11.6 Å². The summed E-state index contributed by atoms with van der Waals surface area (Å²) >= 11 is 5.79. The topological polar surface area (TPSA) is 36.3 Å². The van der Waals surface area contributed by atoms with E-state index in [4.69, 9.17) is 21.1 Å². The average Bonchev–Trinajstić information content (AvgIpc) is 2.84. The summed E-state index contributed by atoms with van der Waals surface area (Å²) in [4.78, 5) is 0. The Kier molecular flexibility index (Phi) is 4.68. The third-order valence-electron chi connectivity index (χ3n) is 2.79. The standard InChI is InChI=1S/C14H17ClN2O2/c1-17-10-12(9-16-17)5-6-19-13-4-3-11(8-15)7-14(13)18-2/h3-4,7,9-10H,5-6,8H2,1-2H3. The molecule has 0 saturated heterocycles. The van der Waals surface area contributed by atoms with E-state index in [0.29, 0.717) is 18.2 Å². The number of nitrogens with zero attached hydrogens (tertiary/aromatic N) is 2. The Morgan fingerprint density at radius 2 is 2.11 bits per heavy atom. The monoisotopic (exact) mass is 280 g/mol. The molecule has 2 aromatic rings. The van der Waals surface area contributed by atoms with Crippen LogP contribution < -0.4 is 9.47 Å². The van der Waals surface area contributed by atoms with Gasteiger partial charge in [0, 0.05) is 25.5 Å². The summed E-state index contributed by atoms with van der Waals surface area (Å²) < 4.78 is 12.8. The number of rotatable bonds is 6. The highest BCUT2D eigenvalue weighted by atomic mass is 35.5. The van der Waals surface area contributed by atoms with E-state index in [9.17, 15) is 0 Å². The molecule has 1 heterocycles. The molecule has 0 radical (unpaired) electrons. The van der Waals surface area contributed by atoms with E-state index in [1.807, 2.05) is 37.6 Å². The Hall–Kier alpha value is -1.68. The summed E-state index contributed by atoms with van der Waals surface area (Å²) in [5.41, 5.74) is 2.16. The van der Waals surface area contributed by atoms with Crippen LogP contribution in [-0.2, 0) is 19.3 Å². The molecular formula is C14H17ClN2O2. The Bertz CT molecular complexity index is 540. The number of aryl methyl sites for hydroxylation is 1. The van der Waals surface area contributed by atoms with Crippen LogP contribution in [0, 0.1) is 0 Å². The van der Waals surface area contributed by atoms with Crippen LogP contribution in [-0.4, -0.2) is 23.5 Å². The minimum absolute atomic E-state index is 0.465. The largest absolute Gasteiger partial charge is 0.493 e. The first kappa shape index (κ1) is 13.7. The normalized spacial score (nSPS) is 10.5. The molecule has 0 aliphatic carbocycles. The fourth-order valence-corrected chi connectivity index (χ4v) is 1.96. The van der Waals surface area contributed by atoms with Crippen LogP contribution in [0.1, 0.15) is 11.1 Å². The molecule has 0 atom stereocenters. The van der Waals surface area contributed by atoms with E-state index in [0.717, 1.165) is 23.3 Å². The molecule has 19 heavy (non-hydrogen) atoms. The van der Waals surface area contributed by atoms with Crippen molar-refractivity contribution in [1.82, 2.24) is 9.78 Å². The van der Waals surface area contributed by atoms with Crippen LogP contribution in [0.2, 0.25) is 0 Å². The lowest BCUT2D eigenvalue weighted by Gasteiger charge is -2.11. The quantitative estimate of drug-likeness (QED) is 0.764. The fourth-order valence-electron chi connectivity index (χ4n) is 1.79. The number of hydrogen-bond donors (Lipinski definition) is 0. The lowest BCUT2D eigenvalue weighted by atomic mass is 10.2. The van der Waals surface area contributed by atoms with E-state index in [2.05, 4.69) is 5.10 Å². The first-order valence-corrected chi connectivity index (χ1v) is 6.59. The predicted octanol–water partition coefficient (Wildman–Crippen LogP) is 2.79. The molecule has 0 bridgehead atoms. The Labute approximate surface area is 117 Å². The summed E-state index contributed by atoms with van der Waals surface area (Å²) in [5.74, 6) is 1.91. The van der Waals surface area contributed by atoms with Gasteiger partial charge in [-0.3, -0.25) is 4.68 Å². The maximum Gasteiger partial charge on any atom is 0.161 e. The van der Waals surface area contributed by atoms with Gasteiger partial charge in [0.25, 0.3) is 0 Å². The number of methoxy groups -OCH3 is 1. The average molecular weight is 281 g/mol. The Balaban J connectivity index is 1.95. The van der Waals surface area contributed by atoms with Gasteiger partial charge in [-0.25, -0.2) is 0 Å². The van der Waals surface area contributed by atoms with Gasteiger partial charge in [-0.05, 0) is 23.3 Å². The van der Waals surface area contributed by atoms with Crippen LogP contribution in [0.4, 0.5) is 0 Å². The summed E-state index contributed by atoms with van der Waals surface area (Å²) in [6.07, 6.45) is 4.64. The molecule has 4 nitrogen and oxygen atoms in total. The van der Waals surface area contributed by atoms with Gasteiger partial charge in [-0.1, -0.05) is 6.07 Å². The zero-order valence-corrected chi connectivity index (χ0v) is 11.9. The molecule has 0 aliphatic rings. The zero-order chi connectivity index (χ0) is 13.7. The molecule has 0 spiro atoms. The second kappa shape index (κ2) is 6.48. The maximum absolute atomic E-state index is 5.79. The van der Waals surface area contributed by atoms with Gasteiger partial charge in [0.05, 0.1) is 19.9 Å². The van der Waals surface area contributed by atoms with Gasteiger partial charge in [0.1, 0.15) is 0 Å². The number of aromatic nitrogens is 2. The Morgan fingerprint density at radius 3 is 2.74 bits per heavy atom. The molecule has 0 amide bonds. The van der Waals surface area contributed by atoms with Crippen molar-refractivity contribution < 1.29 is 9.47 Å². The molecule has 1 aromatic heterocycles. The highest BCUT2D eigenvalue weighted by Crippen LogP contribution is 2.28. The minimum atomic E-state index is 0.465. The summed E-state index contributed by atoms with van der Waals surface area (Å²) in [7, 11) is 3.53. The molecule has 2 rings (SSSR count). The van der Waals surface area contributed by atoms with Gasteiger partial charge in [0.2, 0.25) is 0 Å². The number of halogens is 1. The van der Waals surface area contributed by atoms with Gasteiger partial charge in [-0.15, -0.1) is 11.6 Å². The van der Waals surface area contributed by atoms with Gasteiger partial charge in [-0.2, -0.15) is 5.10 Å². The van der Waals surface area contributed by atoms with E-state index in [1.54, 1.807) is 11.8 Å². The van der Waals surface area contributed by atoms with E-state index in [-0.39, 0.29) is 0 Å². The fraction of sp³-hybridized carbons (Fsp3) is 0.357. The number of ether oxygens (including phenoxy) is 2. The van der Waals surface area contributed by atoms with E-state index in [1.165, 1.54) is 0 Å². The van der Waals surface area contributed by atoms with Crippen LogP contribution in [0.15, 0.2) is 30.6 Å². The summed E-state index contributed by atoms with van der Waals surface area (Å²) in [5, 5.41) is 4.12. The van der Waals surface area contributed by atoms with Gasteiger partial charge >= 0.3 is 0 Å². The summed E-state index contributed by atoms with van der Waals surface area (Å²) in [6.45, 7) is 0.586. The van der Waals surface area contributed by atoms with E-state index >= 15 is 0 Å². The molecule has 0 unspecified atom stereocenters. The molecule has 0 fully saturated rings. The highest BCUT2D eigenvalue weighted by molar-refractivity contribution is 6.17. The first-order valence-electron chi connectivity index (χ1n) is 6.06. The van der Waals surface area contributed by atoms with Crippen molar-refractivity contribution in [3.05, 3.63) is 41.7 Å². The zero-order valence-electron chi connectivity index (χ0n) is 11.1. The molecular weight excluding hydrogens is 264 g/mol. The predicted molar refractivity (Wildman–Crippen MR) is 75.0 cm³/mol. The lowest BCUT2D eigenvalue weighted by molar-refractivity contribution is 0.297. The number of benzene rings is 1. The third kappa shape index (κ3) is 3.64. The van der Waals surface area contributed by atoms with Gasteiger partial charge in [0.15, 0.2) is 11.5 Å². The van der Waals surface area contributed by atoms with Crippen molar-refractivity contribution in [2.24, 2.45) is 7.05 Å². The van der Waals surface area contributed by atoms with Crippen LogP contribution in [0.3, 0.4) is 0 Å². The van der Waals surface area contributed by atoms with Crippen molar-refractivity contribution in [2.45, 2.75) is 12.3 Å². The molecule has 5 heteroatoms. The van der Waals surface area contributed by atoms with Crippen molar-refractivity contribution in [2.75, 3.05) is 13.7 Å². The molecule has 102 valence electrons. The molecule has 0 saturated carbocycles.